The summed E-state index contributed by atoms with van der Waals surface area (Å²) in [6, 6.07) is 16.0. The highest BCUT2D eigenvalue weighted by Gasteiger charge is 2.54. The number of fused-ring (bicyclic) bond motifs is 1. The molecule has 3 aromatic rings. The smallest absolute Gasteiger partial charge is 0.274 e. The van der Waals surface area contributed by atoms with Gasteiger partial charge < -0.3 is 10.2 Å². The number of aryl methyl sites for hydroxylation is 2. The zero-order valence-electron chi connectivity index (χ0n) is 18.0. The highest BCUT2D eigenvalue weighted by molar-refractivity contribution is 14.1. The van der Waals surface area contributed by atoms with Crippen molar-refractivity contribution in [2.45, 2.75) is 38.8 Å². The van der Waals surface area contributed by atoms with Crippen LogP contribution < -0.4 is 5.32 Å². The van der Waals surface area contributed by atoms with E-state index in [-0.39, 0.29) is 23.9 Å². The summed E-state index contributed by atoms with van der Waals surface area (Å²) in [5, 5.41) is 3.94. The molecule has 0 spiro atoms. The Morgan fingerprint density at radius 2 is 1.97 bits per heavy atom. The van der Waals surface area contributed by atoms with Gasteiger partial charge in [0.2, 0.25) is 0 Å². The van der Waals surface area contributed by atoms with Crippen molar-refractivity contribution in [1.82, 2.24) is 15.2 Å². The van der Waals surface area contributed by atoms with Gasteiger partial charge in [0.05, 0.1) is 15.9 Å². The third-order valence-corrected chi connectivity index (χ3v) is 7.94. The molecule has 1 N–H and O–H groups in total. The minimum atomic E-state index is -0.0959. The van der Waals surface area contributed by atoms with E-state index in [0.717, 1.165) is 37.4 Å². The number of hydrogen-bond acceptors (Lipinski definition) is 4. The van der Waals surface area contributed by atoms with E-state index in [1.165, 1.54) is 0 Å². The van der Waals surface area contributed by atoms with Gasteiger partial charge in [-0.05, 0) is 79.0 Å². The van der Waals surface area contributed by atoms with Crippen LogP contribution in [0.4, 0.5) is 0 Å². The molecular weight excluding hydrogens is 533 g/mol. The fourth-order valence-corrected chi connectivity index (χ4v) is 6.13. The van der Waals surface area contributed by atoms with E-state index in [9.17, 15) is 9.59 Å². The molecule has 2 heterocycles. The van der Waals surface area contributed by atoms with Crippen LogP contribution in [0.25, 0.3) is 10.4 Å². The van der Waals surface area contributed by atoms with E-state index in [2.05, 4.69) is 51.9 Å². The monoisotopic (exact) mass is 557 g/mol. The maximum Gasteiger partial charge on any atom is 0.274 e. The number of rotatable bonds is 5. The number of carbonyl (C=O) groups excluding carboxylic acids is 2. The summed E-state index contributed by atoms with van der Waals surface area (Å²) in [5.41, 5.74) is 3.38. The first-order chi connectivity index (χ1) is 15.4. The summed E-state index contributed by atoms with van der Waals surface area (Å²) >= 11 is 3.77. The number of amides is 2. The molecule has 164 valence electrons. The fourth-order valence-electron chi connectivity index (χ4n) is 4.68. The summed E-state index contributed by atoms with van der Waals surface area (Å²) in [4.78, 5) is 33.9. The minimum absolute atomic E-state index is 0.00495. The Labute approximate surface area is 205 Å². The van der Waals surface area contributed by atoms with Gasteiger partial charge in [-0.25, -0.2) is 4.98 Å². The first kappa shape index (κ1) is 21.6. The lowest BCUT2D eigenvalue weighted by Crippen LogP contribution is -2.45. The van der Waals surface area contributed by atoms with Crippen LogP contribution in [0.2, 0.25) is 0 Å². The Hall–Kier alpha value is -2.26. The van der Waals surface area contributed by atoms with E-state index >= 15 is 0 Å². The molecule has 0 radical (unpaired) electrons. The van der Waals surface area contributed by atoms with Crippen LogP contribution in [0.5, 0.6) is 0 Å². The predicted octanol–water partition coefficient (Wildman–Crippen LogP) is 5.06. The van der Waals surface area contributed by atoms with Gasteiger partial charge in [-0.3, -0.25) is 9.59 Å². The maximum absolute atomic E-state index is 13.7. The second kappa shape index (κ2) is 8.59. The maximum atomic E-state index is 13.7. The number of aromatic nitrogens is 1. The van der Waals surface area contributed by atoms with Crippen LogP contribution in [0.1, 0.15) is 44.3 Å². The third-order valence-electron chi connectivity index (χ3n) is 6.25. The molecular formula is C25H24IN3O2S. The molecule has 3 atom stereocenters. The van der Waals surface area contributed by atoms with Crippen molar-refractivity contribution in [3.63, 3.8) is 0 Å². The molecule has 1 aliphatic carbocycles. The van der Waals surface area contributed by atoms with Crippen LogP contribution in [-0.4, -0.2) is 40.3 Å². The van der Waals surface area contributed by atoms with Gasteiger partial charge in [-0.2, -0.15) is 0 Å². The normalized spacial score (nSPS) is 21.3. The van der Waals surface area contributed by atoms with Crippen molar-refractivity contribution in [3.05, 3.63) is 73.9 Å². The molecule has 0 unspecified atom stereocenters. The first-order valence-electron chi connectivity index (χ1n) is 10.8. The zero-order chi connectivity index (χ0) is 22.4. The molecule has 1 aromatic heterocycles. The average Bonchev–Trinajstić information content (AvgIpc) is 3.26. The number of thiazole rings is 1. The van der Waals surface area contributed by atoms with Gasteiger partial charge in [-0.15, -0.1) is 11.3 Å². The molecule has 1 aliphatic heterocycles. The molecule has 1 saturated heterocycles. The Balaban J connectivity index is 1.36. The number of halogens is 1. The number of nitrogens with zero attached hydrogens (tertiary/aromatic N) is 2. The number of carbonyl (C=O) groups is 2. The SMILES string of the molecule is Cc1cccc(-c2sc(C)nc2C(=O)N2[C@H](CNC(=O)c3cccc(I)c3)C[C@H]3C[C@@H]32)c1. The van der Waals surface area contributed by atoms with Gasteiger partial charge in [-0.1, -0.05) is 35.9 Å². The Bertz CT molecular complexity index is 1210. The molecule has 32 heavy (non-hydrogen) atoms. The van der Waals surface area contributed by atoms with E-state index in [1.54, 1.807) is 11.3 Å². The Kier molecular flexibility index (Phi) is 5.79. The van der Waals surface area contributed by atoms with Crippen molar-refractivity contribution >= 4 is 45.7 Å². The molecule has 5 nitrogen and oxygen atoms in total. The molecule has 7 heteroatoms. The summed E-state index contributed by atoms with van der Waals surface area (Å²) in [7, 11) is 0. The number of likely N-dealkylation sites (tertiary alicyclic amines) is 1. The molecule has 5 rings (SSSR count). The zero-order valence-corrected chi connectivity index (χ0v) is 20.9. The van der Waals surface area contributed by atoms with E-state index < -0.39 is 0 Å². The lowest BCUT2D eigenvalue weighted by Gasteiger charge is -2.27. The van der Waals surface area contributed by atoms with Crippen molar-refractivity contribution in [2.75, 3.05) is 6.54 Å². The minimum Gasteiger partial charge on any atom is -0.350 e. The molecule has 1 saturated carbocycles. The molecule has 0 bridgehead atoms. The van der Waals surface area contributed by atoms with Crippen LogP contribution in [0.3, 0.4) is 0 Å². The fraction of sp³-hybridized carbons (Fsp3) is 0.320. The molecule has 2 aliphatic rings. The standard InChI is InChI=1S/C25H24IN3O2S/c1-14-5-3-6-16(9-14)23-22(28-15(2)32-23)25(31)29-20(11-18-12-21(18)29)13-27-24(30)17-7-4-8-19(26)10-17/h3-10,18,20-21H,11-13H2,1-2H3,(H,27,30)/t18-,20-,21-/m0/s1. The third kappa shape index (κ3) is 4.20. The Morgan fingerprint density at radius 1 is 1.16 bits per heavy atom. The van der Waals surface area contributed by atoms with Crippen LogP contribution in [0, 0.1) is 23.3 Å². The number of hydrogen-bond donors (Lipinski definition) is 1. The number of benzene rings is 2. The van der Waals surface area contributed by atoms with Gasteiger partial charge in [0, 0.05) is 21.7 Å². The largest absolute Gasteiger partial charge is 0.350 e. The van der Waals surface area contributed by atoms with E-state index in [4.69, 9.17) is 0 Å². The average molecular weight is 557 g/mol. The highest BCUT2D eigenvalue weighted by atomic mass is 127. The second-order valence-electron chi connectivity index (χ2n) is 8.67. The van der Waals surface area contributed by atoms with Gasteiger partial charge in [0.15, 0.2) is 0 Å². The number of piperidine rings is 1. The lowest BCUT2D eigenvalue weighted by molar-refractivity contribution is 0.0684. The quantitative estimate of drug-likeness (QED) is 0.446. The van der Waals surface area contributed by atoms with Gasteiger partial charge in [0.1, 0.15) is 5.69 Å². The molecule has 2 aromatic carbocycles. The van der Waals surface area contributed by atoms with Gasteiger partial charge >= 0.3 is 0 Å². The van der Waals surface area contributed by atoms with Gasteiger partial charge in [0.25, 0.3) is 11.8 Å². The van der Waals surface area contributed by atoms with Crippen molar-refractivity contribution in [1.29, 1.82) is 0 Å². The summed E-state index contributed by atoms with van der Waals surface area (Å²) in [6.07, 6.45) is 1.99. The van der Waals surface area contributed by atoms with Crippen LogP contribution in [-0.2, 0) is 0 Å². The van der Waals surface area contributed by atoms with Crippen molar-refractivity contribution in [2.24, 2.45) is 5.92 Å². The van der Waals surface area contributed by atoms with Crippen molar-refractivity contribution < 1.29 is 9.59 Å². The van der Waals surface area contributed by atoms with Crippen LogP contribution >= 0.6 is 33.9 Å². The van der Waals surface area contributed by atoms with E-state index in [1.807, 2.05) is 48.2 Å². The molecule has 2 amide bonds. The van der Waals surface area contributed by atoms with E-state index in [0.29, 0.717) is 23.7 Å². The summed E-state index contributed by atoms with van der Waals surface area (Å²) < 4.78 is 1.02. The van der Waals surface area contributed by atoms with Crippen LogP contribution in [0.15, 0.2) is 48.5 Å². The van der Waals surface area contributed by atoms with Crippen molar-refractivity contribution in [3.8, 4) is 10.4 Å². The molecule has 2 fully saturated rings. The summed E-state index contributed by atoms with van der Waals surface area (Å²) in [6.45, 7) is 4.47. The lowest BCUT2D eigenvalue weighted by atomic mass is 10.1. The highest BCUT2D eigenvalue weighted by Crippen LogP contribution is 2.48. The number of nitrogens with one attached hydrogen (secondary N) is 1. The first-order valence-corrected chi connectivity index (χ1v) is 12.7. The summed E-state index contributed by atoms with van der Waals surface area (Å²) in [5.74, 6) is 0.437. The predicted molar refractivity (Wildman–Crippen MR) is 135 cm³/mol. The second-order valence-corrected chi connectivity index (χ2v) is 11.1. The topological polar surface area (TPSA) is 62.3 Å². The Morgan fingerprint density at radius 3 is 2.75 bits per heavy atom.